The lowest BCUT2D eigenvalue weighted by Crippen LogP contribution is -2.33. The molecular formula is C10H12ClF4NO. The molecule has 0 heterocycles. The van der Waals surface area contributed by atoms with Gasteiger partial charge in [-0.05, 0) is 24.6 Å². The lowest BCUT2D eigenvalue weighted by Gasteiger charge is -2.17. The van der Waals surface area contributed by atoms with E-state index in [0.717, 1.165) is 0 Å². The van der Waals surface area contributed by atoms with Crippen LogP contribution in [0, 0.1) is 0 Å². The normalized spacial score (nSPS) is 13.1. The summed E-state index contributed by atoms with van der Waals surface area (Å²) < 4.78 is 52.5. The van der Waals surface area contributed by atoms with Crippen molar-refractivity contribution in [3.63, 3.8) is 0 Å². The van der Waals surface area contributed by atoms with Crippen molar-refractivity contribution in [1.82, 2.24) is 0 Å². The quantitative estimate of drug-likeness (QED) is 0.854. The monoisotopic (exact) mass is 273 g/mol. The smallest absolute Gasteiger partial charge is 0.428 e. The van der Waals surface area contributed by atoms with Gasteiger partial charge in [0.05, 0.1) is 0 Å². The fourth-order valence-corrected chi connectivity index (χ4v) is 1.04. The molecule has 2 nitrogen and oxygen atoms in total. The summed E-state index contributed by atoms with van der Waals surface area (Å²) in [5.74, 6) is -0.324. The molecule has 0 spiro atoms. The Labute approximate surface area is 102 Å². The van der Waals surface area contributed by atoms with Crippen molar-refractivity contribution in [2.24, 2.45) is 5.73 Å². The summed E-state index contributed by atoms with van der Waals surface area (Å²) in [6.07, 6.45) is -8.34. The molecule has 0 aromatic heterocycles. The zero-order valence-corrected chi connectivity index (χ0v) is 9.69. The van der Waals surface area contributed by atoms with E-state index in [1.54, 1.807) is 6.92 Å². The minimum atomic E-state index is -4.48. The van der Waals surface area contributed by atoms with Gasteiger partial charge >= 0.3 is 12.5 Å². The summed E-state index contributed by atoms with van der Waals surface area (Å²) in [6, 6.07) is 4.98. The molecule has 1 rings (SSSR count). The molecule has 0 saturated carbocycles. The number of rotatable bonds is 4. The van der Waals surface area contributed by atoms with Gasteiger partial charge in [-0.2, -0.15) is 17.6 Å². The molecule has 1 aromatic carbocycles. The zero-order valence-electron chi connectivity index (χ0n) is 8.87. The molecule has 17 heavy (non-hydrogen) atoms. The summed E-state index contributed by atoms with van der Waals surface area (Å²) >= 11 is 0. The number of alkyl halides is 4. The second kappa shape index (κ2) is 6.07. The van der Waals surface area contributed by atoms with Crippen LogP contribution in [0.2, 0.25) is 0 Å². The third-order valence-corrected chi connectivity index (χ3v) is 1.91. The van der Waals surface area contributed by atoms with Gasteiger partial charge in [0.1, 0.15) is 5.75 Å². The van der Waals surface area contributed by atoms with Gasteiger partial charge in [-0.15, -0.1) is 12.4 Å². The van der Waals surface area contributed by atoms with Crippen LogP contribution in [0.25, 0.3) is 0 Å². The van der Waals surface area contributed by atoms with Crippen molar-refractivity contribution >= 4 is 12.4 Å². The molecule has 98 valence electrons. The minimum absolute atomic E-state index is 0. The second-order valence-electron chi connectivity index (χ2n) is 3.32. The maximum atomic E-state index is 12.5. The van der Waals surface area contributed by atoms with E-state index >= 15 is 0 Å². The van der Waals surface area contributed by atoms with Crippen molar-refractivity contribution in [2.45, 2.75) is 25.5 Å². The summed E-state index contributed by atoms with van der Waals surface area (Å²) in [5, 5.41) is 0. The Balaban J connectivity index is 0.00000256. The Morgan fingerprint density at radius 2 is 1.65 bits per heavy atom. The highest BCUT2D eigenvalue weighted by atomic mass is 35.5. The first-order valence-electron chi connectivity index (χ1n) is 4.53. The van der Waals surface area contributed by atoms with E-state index in [9.17, 15) is 17.6 Å². The molecule has 0 unspecified atom stereocenters. The van der Waals surface area contributed by atoms with E-state index < -0.39 is 12.5 Å². The maximum Gasteiger partial charge on any atom is 0.461 e. The van der Waals surface area contributed by atoms with Gasteiger partial charge in [0, 0.05) is 6.04 Å². The van der Waals surface area contributed by atoms with Crippen molar-refractivity contribution in [2.75, 3.05) is 0 Å². The van der Waals surface area contributed by atoms with Gasteiger partial charge in [-0.1, -0.05) is 12.1 Å². The van der Waals surface area contributed by atoms with Crippen LogP contribution in [-0.2, 0) is 0 Å². The molecule has 1 atom stereocenters. The van der Waals surface area contributed by atoms with Crippen LogP contribution in [0.3, 0.4) is 0 Å². The molecular weight excluding hydrogens is 262 g/mol. The van der Waals surface area contributed by atoms with Crippen molar-refractivity contribution < 1.29 is 22.3 Å². The highest BCUT2D eigenvalue weighted by Gasteiger charge is 2.43. The highest BCUT2D eigenvalue weighted by Crippen LogP contribution is 2.27. The van der Waals surface area contributed by atoms with Crippen LogP contribution in [-0.4, -0.2) is 12.5 Å². The minimum Gasteiger partial charge on any atom is -0.428 e. The molecule has 0 aliphatic heterocycles. The topological polar surface area (TPSA) is 35.2 Å². The first-order chi connectivity index (χ1) is 7.33. The number of halogens is 5. The molecule has 2 N–H and O–H groups in total. The lowest BCUT2D eigenvalue weighted by molar-refractivity contribution is -0.253. The molecule has 0 aliphatic carbocycles. The number of ether oxygens (including phenoxy) is 1. The van der Waals surface area contributed by atoms with Gasteiger partial charge in [0.2, 0.25) is 0 Å². The summed E-state index contributed by atoms with van der Waals surface area (Å²) in [7, 11) is 0. The van der Waals surface area contributed by atoms with E-state index in [4.69, 9.17) is 5.73 Å². The molecule has 0 saturated heterocycles. The molecule has 0 fully saturated rings. The van der Waals surface area contributed by atoms with E-state index in [-0.39, 0.29) is 24.2 Å². The Bertz CT molecular complexity index is 343. The highest BCUT2D eigenvalue weighted by molar-refractivity contribution is 5.85. The van der Waals surface area contributed by atoms with Gasteiger partial charge in [-0.3, -0.25) is 0 Å². The number of nitrogens with two attached hydrogens (primary N) is 1. The van der Waals surface area contributed by atoms with Crippen LogP contribution in [0.5, 0.6) is 5.75 Å². The lowest BCUT2D eigenvalue weighted by atomic mass is 10.1. The second-order valence-corrected chi connectivity index (χ2v) is 3.32. The standard InChI is InChI=1S/C10H11F4NO.ClH/c1-6(15)7-2-4-8(5-3-7)16-10(13,14)9(11)12;/h2-6,9H,15H2,1H3;1H/t6-;/m0./s1. The number of benzene rings is 1. The van der Waals surface area contributed by atoms with Gasteiger partial charge in [-0.25, -0.2) is 0 Å². The van der Waals surface area contributed by atoms with Gasteiger partial charge < -0.3 is 10.5 Å². The van der Waals surface area contributed by atoms with Crippen LogP contribution in [0.15, 0.2) is 24.3 Å². The largest absolute Gasteiger partial charge is 0.461 e. The molecule has 7 heteroatoms. The van der Waals surface area contributed by atoms with E-state index in [0.29, 0.717) is 5.56 Å². The van der Waals surface area contributed by atoms with Crippen molar-refractivity contribution in [1.29, 1.82) is 0 Å². The SMILES string of the molecule is C[C@H](N)c1ccc(OC(F)(F)C(F)F)cc1.Cl. The Morgan fingerprint density at radius 1 is 1.18 bits per heavy atom. The van der Waals surface area contributed by atoms with Crippen LogP contribution in [0.1, 0.15) is 18.5 Å². The number of hydrogen-bond acceptors (Lipinski definition) is 2. The summed E-state index contributed by atoms with van der Waals surface area (Å²) in [4.78, 5) is 0. The Hall–Kier alpha value is -1.01. The first-order valence-corrected chi connectivity index (χ1v) is 4.53. The van der Waals surface area contributed by atoms with Gasteiger partial charge in [0.25, 0.3) is 0 Å². The molecule has 0 aliphatic rings. The predicted molar refractivity (Wildman–Crippen MR) is 57.9 cm³/mol. The number of hydrogen-bond donors (Lipinski definition) is 1. The molecule has 1 aromatic rings. The third-order valence-electron chi connectivity index (χ3n) is 1.91. The molecule has 0 radical (unpaired) electrons. The first kappa shape index (κ1) is 16.0. The van der Waals surface area contributed by atoms with Crippen LogP contribution < -0.4 is 10.5 Å². The average molecular weight is 274 g/mol. The summed E-state index contributed by atoms with van der Waals surface area (Å²) in [6.45, 7) is 1.71. The fourth-order valence-electron chi connectivity index (χ4n) is 1.04. The average Bonchev–Trinajstić information content (AvgIpc) is 2.17. The Morgan fingerprint density at radius 3 is 2.00 bits per heavy atom. The summed E-state index contributed by atoms with van der Waals surface area (Å²) in [5.41, 5.74) is 6.23. The van der Waals surface area contributed by atoms with E-state index in [2.05, 4.69) is 4.74 Å². The third kappa shape index (κ3) is 4.40. The van der Waals surface area contributed by atoms with E-state index in [1.807, 2.05) is 0 Å². The predicted octanol–water partition coefficient (Wildman–Crippen LogP) is 3.36. The van der Waals surface area contributed by atoms with Crippen molar-refractivity contribution in [3.05, 3.63) is 29.8 Å². The van der Waals surface area contributed by atoms with Crippen molar-refractivity contribution in [3.8, 4) is 5.75 Å². The fraction of sp³-hybridized carbons (Fsp3) is 0.400. The van der Waals surface area contributed by atoms with E-state index in [1.165, 1.54) is 24.3 Å². The van der Waals surface area contributed by atoms with Gasteiger partial charge in [0.15, 0.2) is 0 Å². The molecule has 0 amide bonds. The molecule has 0 bridgehead atoms. The van der Waals surface area contributed by atoms with Crippen LogP contribution >= 0.6 is 12.4 Å². The van der Waals surface area contributed by atoms with Crippen LogP contribution in [0.4, 0.5) is 17.6 Å². The maximum absolute atomic E-state index is 12.5. The Kier molecular flexibility index (Phi) is 5.71. The zero-order chi connectivity index (χ0) is 12.3.